The third kappa shape index (κ3) is 4.31. The molecule has 100 valence electrons. The highest BCUT2D eigenvalue weighted by atomic mass is 79.9. The number of hydrogen-bond acceptors (Lipinski definition) is 4. The van der Waals surface area contributed by atoms with Gasteiger partial charge in [-0.2, -0.15) is 0 Å². The number of esters is 1. The van der Waals surface area contributed by atoms with Gasteiger partial charge in [-0.05, 0) is 47.5 Å². The zero-order valence-electron chi connectivity index (χ0n) is 10.5. The fourth-order valence-electron chi connectivity index (χ4n) is 1.49. The van der Waals surface area contributed by atoms with Crippen molar-refractivity contribution in [3.05, 3.63) is 28.2 Å². The number of ether oxygens (including phenoxy) is 2. The third-order valence-corrected chi connectivity index (χ3v) is 2.93. The van der Waals surface area contributed by atoms with Crippen molar-refractivity contribution in [2.45, 2.75) is 26.4 Å². The van der Waals surface area contributed by atoms with E-state index in [1.165, 1.54) is 0 Å². The molecule has 1 atom stereocenters. The van der Waals surface area contributed by atoms with Gasteiger partial charge in [-0.3, -0.25) is 4.79 Å². The summed E-state index contributed by atoms with van der Waals surface area (Å²) in [6, 6.07) is 5.24. The normalized spacial score (nSPS) is 12.0. The summed E-state index contributed by atoms with van der Waals surface area (Å²) in [6.45, 7) is 4.52. The van der Waals surface area contributed by atoms with Crippen LogP contribution in [0.25, 0.3) is 0 Å². The number of aliphatic hydroxyl groups excluding tert-OH is 1. The third-order valence-electron chi connectivity index (χ3n) is 2.31. The van der Waals surface area contributed by atoms with Crippen molar-refractivity contribution in [3.63, 3.8) is 0 Å². The van der Waals surface area contributed by atoms with Gasteiger partial charge in [-0.1, -0.05) is 6.07 Å². The van der Waals surface area contributed by atoms with Crippen molar-refractivity contribution >= 4 is 21.9 Å². The monoisotopic (exact) mass is 316 g/mol. The predicted molar refractivity (Wildman–Crippen MR) is 71.5 cm³/mol. The van der Waals surface area contributed by atoms with Gasteiger partial charge in [0, 0.05) is 0 Å². The van der Waals surface area contributed by atoms with Crippen LogP contribution < -0.4 is 4.74 Å². The van der Waals surface area contributed by atoms with Crippen molar-refractivity contribution in [2.75, 3.05) is 13.2 Å². The Kier molecular flexibility index (Phi) is 6.15. The quantitative estimate of drug-likeness (QED) is 0.820. The second-order valence-corrected chi connectivity index (χ2v) is 4.50. The van der Waals surface area contributed by atoms with Gasteiger partial charge >= 0.3 is 5.97 Å². The van der Waals surface area contributed by atoms with Gasteiger partial charge < -0.3 is 14.6 Å². The van der Waals surface area contributed by atoms with Gasteiger partial charge in [0.15, 0.2) is 0 Å². The average Bonchev–Trinajstić information content (AvgIpc) is 2.32. The minimum atomic E-state index is -0.865. The average molecular weight is 317 g/mol. The molecule has 0 aliphatic heterocycles. The minimum absolute atomic E-state index is 0.0474. The van der Waals surface area contributed by atoms with Crippen molar-refractivity contribution in [1.29, 1.82) is 0 Å². The van der Waals surface area contributed by atoms with Crippen molar-refractivity contribution in [1.82, 2.24) is 0 Å². The molecule has 4 nitrogen and oxygen atoms in total. The fourth-order valence-corrected chi connectivity index (χ4v) is 2.00. The maximum atomic E-state index is 11.3. The molecule has 0 fully saturated rings. The SMILES string of the molecule is CCOC(=O)CC(O)c1ccc(OCC)c(Br)c1. The highest BCUT2D eigenvalue weighted by molar-refractivity contribution is 9.10. The molecule has 1 aromatic carbocycles. The zero-order chi connectivity index (χ0) is 13.5. The predicted octanol–water partition coefficient (Wildman–Crippen LogP) is 2.83. The lowest BCUT2D eigenvalue weighted by Crippen LogP contribution is -2.10. The molecule has 0 amide bonds. The number of hydrogen-bond donors (Lipinski definition) is 1. The molecule has 0 aromatic heterocycles. The maximum Gasteiger partial charge on any atom is 0.308 e. The highest BCUT2D eigenvalue weighted by Crippen LogP contribution is 2.29. The molecule has 1 unspecified atom stereocenters. The standard InChI is InChI=1S/C13H17BrO4/c1-3-17-12-6-5-9(7-10(12)14)11(15)8-13(16)18-4-2/h5-7,11,15H,3-4,8H2,1-2H3. The minimum Gasteiger partial charge on any atom is -0.493 e. The fraction of sp³-hybridized carbons (Fsp3) is 0.462. The molecule has 0 aliphatic carbocycles. The first-order chi connectivity index (χ1) is 8.58. The summed E-state index contributed by atoms with van der Waals surface area (Å²) in [7, 11) is 0. The first kappa shape index (κ1) is 15.0. The Morgan fingerprint density at radius 2 is 2.11 bits per heavy atom. The highest BCUT2D eigenvalue weighted by Gasteiger charge is 2.15. The molecule has 1 aromatic rings. The molecular formula is C13H17BrO4. The Labute approximate surface area is 115 Å². The van der Waals surface area contributed by atoms with Crippen molar-refractivity contribution in [2.24, 2.45) is 0 Å². The Balaban J connectivity index is 2.71. The Morgan fingerprint density at radius 3 is 2.67 bits per heavy atom. The second kappa shape index (κ2) is 7.38. The smallest absolute Gasteiger partial charge is 0.308 e. The van der Waals surface area contributed by atoms with Gasteiger partial charge in [0.25, 0.3) is 0 Å². The lowest BCUT2D eigenvalue weighted by atomic mass is 10.1. The van der Waals surface area contributed by atoms with Crippen LogP contribution in [0.2, 0.25) is 0 Å². The molecule has 0 heterocycles. The van der Waals surface area contributed by atoms with Crippen LogP contribution in [0.1, 0.15) is 31.9 Å². The largest absolute Gasteiger partial charge is 0.493 e. The number of halogens is 1. The topological polar surface area (TPSA) is 55.8 Å². The summed E-state index contributed by atoms with van der Waals surface area (Å²) in [4.78, 5) is 11.3. The van der Waals surface area contributed by atoms with Gasteiger partial charge in [-0.15, -0.1) is 0 Å². The van der Waals surface area contributed by atoms with E-state index in [0.717, 1.165) is 4.47 Å². The van der Waals surface area contributed by atoms with Gasteiger partial charge in [0.2, 0.25) is 0 Å². The van der Waals surface area contributed by atoms with E-state index < -0.39 is 12.1 Å². The summed E-state index contributed by atoms with van der Waals surface area (Å²) >= 11 is 3.36. The van der Waals surface area contributed by atoms with E-state index >= 15 is 0 Å². The van der Waals surface area contributed by atoms with Crippen LogP contribution in [-0.4, -0.2) is 24.3 Å². The van der Waals surface area contributed by atoms with E-state index in [1.807, 2.05) is 6.92 Å². The van der Waals surface area contributed by atoms with Gasteiger partial charge in [-0.25, -0.2) is 0 Å². The number of carbonyl (C=O) groups excluding carboxylic acids is 1. The summed E-state index contributed by atoms with van der Waals surface area (Å²) in [5, 5.41) is 9.90. The summed E-state index contributed by atoms with van der Waals surface area (Å²) in [5.74, 6) is 0.305. The Morgan fingerprint density at radius 1 is 1.39 bits per heavy atom. The first-order valence-electron chi connectivity index (χ1n) is 5.84. The molecule has 0 aliphatic rings. The first-order valence-corrected chi connectivity index (χ1v) is 6.63. The Hall–Kier alpha value is -1.07. The molecule has 0 saturated heterocycles. The summed E-state index contributed by atoms with van der Waals surface area (Å²) < 4.78 is 10.9. The molecular weight excluding hydrogens is 300 g/mol. The summed E-state index contributed by atoms with van der Waals surface area (Å²) in [5.41, 5.74) is 0.651. The molecule has 0 radical (unpaired) electrons. The van der Waals surface area contributed by atoms with E-state index in [2.05, 4.69) is 15.9 Å². The lowest BCUT2D eigenvalue weighted by molar-refractivity contribution is -0.145. The molecule has 18 heavy (non-hydrogen) atoms. The van der Waals surface area contributed by atoms with E-state index in [9.17, 15) is 9.90 Å². The van der Waals surface area contributed by atoms with Crippen molar-refractivity contribution < 1.29 is 19.4 Å². The summed E-state index contributed by atoms with van der Waals surface area (Å²) in [6.07, 6.45) is -0.912. The van der Waals surface area contributed by atoms with E-state index in [4.69, 9.17) is 9.47 Å². The molecule has 1 rings (SSSR count). The molecule has 0 saturated carbocycles. The Bertz CT molecular complexity index is 406. The van der Waals surface area contributed by atoms with Crippen LogP contribution in [0.4, 0.5) is 0 Å². The van der Waals surface area contributed by atoms with E-state index in [-0.39, 0.29) is 6.42 Å². The molecule has 0 spiro atoms. The maximum absolute atomic E-state index is 11.3. The van der Waals surface area contributed by atoms with Crippen molar-refractivity contribution in [3.8, 4) is 5.75 Å². The van der Waals surface area contributed by atoms with Gasteiger partial charge in [0.05, 0.1) is 30.2 Å². The van der Waals surface area contributed by atoms with Crippen LogP contribution in [0.3, 0.4) is 0 Å². The number of rotatable bonds is 6. The van der Waals surface area contributed by atoms with Crippen LogP contribution in [0, 0.1) is 0 Å². The molecule has 5 heteroatoms. The lowest BCUT2D eigenvalue weighted by Gasteiger charge is -2.12. The number of aliphatic hydroxyl groups is 1. The molecule has 0 bridgehead atoms. The van der Waals surface area contributed by atoms with Crippen LogP contribution >= 0.6 is 15.9 Å². The second-order valence-electron chi connectivity index (χ2n) is 3.65. The zero-order valence-corrected chi connectivity index (χ0v) is 12.1. The molecule has 1 N–H and O–H groups in total. The van der Waals surface area contributed by atoms with E-state index in [0.29, 0.717) is 24.5 Å². The van der Waals surface area contributed by atoms with Gasteiger partial charge in [0.1, 0.15) is 5.75 Å². The van der Waals surface area contributed by atoms with Crippen LogP contribution in [0.15, 0.2) is 22.7 Å². The number of benzene rings is 1. The number of carbonyl (C=O) groups is 1. The van der Waals surface area contributed by atoms with Crippen LogP contribution in [-0.2, 0) is 9.53 Å². The van der Waals surface area contributed by atoms with E-state index in [1.54, 1.807) is 25.1 Å². The van der Waals surface area contributed by atoms with Crippen LogP contribution in [0.5, 0.6) is 5.75 Å².